The van der Waals surface area contributed by atoms with Gasteiger partial charge in [0.25, 0.3) is 0 Å². The van der Waals surface area contributed by atoms with Gasteiger partial charge in [0.15, 0.2) is 11.3 Å². The third-order valence-corrected chi connectivity index (χ3v) is 9.86. The molecular weight excluding hydrogens is 580 g/mol. The van der Waals surface area contributed by atoms with E-state index in [1.54, 1.807) is 13.8 Å². The van der Waals surface area contributed by atoms with E-state index in [9.17, 15) is 19.5 Å². The topological polar surface area (TPSA) is 114 Å². The van der Waals surface area contributed by atoms with Crippen LogP contribution in [-0.4, -0.2) is 53.5 Å². The van der Waals surface area contributed by atoms with E-state index in [1.165, 1.54) is 51.4 Å². The highest BCUT2D eigenvalue weighted by molar-refractivity contribution is 5.88. The average Bonchev–Trinajstić information content (AvgIpc) is 3.02. The molecule has 0 radical (unpaired) electrons. The molecule has 2 unspecified atom stereocenters. The number of amides is 2. The molecule has 0 aromatic carbocycles. The van der Waals surface area contributed by atoms with E-state index < -0.39 is 28.8 Å². The van der Waals surface area contributed by atoms with Crippen LogP contribution in [0.1, 0.15) is 169 Å². The van der Waals surface area contributed by atoms with E-state index in [1.807, 2.05) is 13.8 Å². The number of carboxylic acids is 1. The number of carbonyl (C=O) groups excluding carboxylic acids is 2. The minimum absolute atomic E-state index is 0.177. The van der Waals surface area contributed by atoms with Crippen LogP contribution in [0.15, 0.2) is 12.2 Å². The van der Waals surface area contributed by atoms with Crippen molar-refractivity contribution in [3.63, 3.8) is 0 Å². The third-order valence-electron chi connectivity index (χ3n) is 9.86. The minimum Gasteiger partial charge on any atom is -0.479 e. The summed E-state index contributed by atoms with van der Waals surface area (Å²) in [5.41, 5.74) is -2.14. The number of hydrogen-bond acceptors (Lipinski definition) is 5. The zero-order valence-corrected chi connectivity index (χ0v) is 30.1. The fourth-order valence-corrected chi connectivity index (χ4v) is 6.70. The second-order valence-corrected chi connectivity index (χ2v) is 15.2. The Morgan fingerprint density at radius 2 is 1.43 bits per heavy atom. The van der Waals surface area contributed by atoms with Crippen molar-refractivity contribution in [3.05, 3.63) is 12.2 Å². The summed E-state index contributed by atoms with van der Waals surface area (Å²) in [6, 6.07) is 0. The zero-order chi connectivity index (χ0) is 33.9. The summed E-state index contributed by atoms with van der Waals surface area (Å²) in [6.07, 6.45) is 26.2. The summed E-state index contributed by atoms with van der Waals surface area (Å²) in [7, 11) is 0. The molecule has 0 aromatic heterocycles. The first-order valence-corrected chi connectivity index (χ1v) is 18.7. The molecule has 266 valence electrons. The molecule has 0 aromatic rings. The molecule has 2 atom stereocenters. The molecule has 2 aliphatic rings. The number of ether oxygens (including phenoxy) is 2. The van der Waals surface area contributed by atoms with Gasteiger partial charge < -0.3 is 25.2 Å². The molecule has 2 amide bonds. The largest absolute Gasteiger partial charge is 0.479 e. The Bertz CT molecular complexity index is 926. The van der Waals surface area contributed by atoms with Crippen LogP contribution in [0, 0.1) is 11.3 Å². The van der Waals surface area contributed by atoms with E-state index in [-0.39, 0.29) is 31.2 Å². The van der Waals surface area contributed by atoms with E-state index in [2.05, 4.69) is 29.7 Å². The van der Waals surface area contributed by atoms with E-state index in [0.29, 0.717) is 18.9 Å². The molecule has 0 spiro atoms. The Morgan fingerprint density at radius 3 is 2.04 bits per heavy atom. The first kappa shape index (κ1) is 40.2. The molecule has 1 aliphatic heterocycles. The Hall–Kier alpha value is -1.93. The molecule has 8 nitrogen and oxygen atoms in total. The smallest absolute Gasteiger partial charge is 0.331 e. The summed E-state index contributed by atoms with van der Waals surface area (Å²) in [4.78, 5) is 39.4. The molecule has 0 bridgehead atoms. The normalized spacial score (nSPS) is 21.1. The number of unbranched alkanes of at least 4 members (excludes halogenated alkanes) is 11. The quantitative estimate of drug-likeness (QED) is 0.0755. The average molecular weight is 649 g/mol. The zero-order valence-electron chi connectivity index (χ0n) is 30.1. The van der Waals surface area contributed by atoms with E-state index in [0.717, 1.165) is 64.2 Å². The Kier molecular flexibility index (Phi) is 18.5. The van der Waals surface area contributed by atoms with Crippen LogP contribution >= 0.6 is 0 Å². The number of nitrogens with one attached hydrogen (secondary N) is 2. The van der Waals surface area contributed by atoms with Crippen molar-refractivity contribution in [2.45, 2.75) is 187 Å². The van der Waals surface area contributed by atoms with Crippen molar-refractivity contribution in [3.8, 4) is 0 Å². The van der Waals surface area contributed by atoms with Gasteiger partial charge in [0, 0.05) is 11.8 Å². The number of hydrogen-bond donors (Lipinski definition) is 3. The summed E-state index contributed by atoms with van der Waals surface area (Å²) in [6.45, 7) is 9.75. The van der Waals surface area contributed by atoms with Crippen LogP contribution in [0.25, 0.3) is 0 Å². The van der Waals surface area contributed by atoms with Crippen molar-refractivity contribution in [2.24, 2.45) is 11.3 Å². The van der Waals surface area contributed by atoms with Crippen molar-refractivity contribution in [1.29, 1.82) is 0 Å². The van der Waals surface area contributed by atoms with Gasteiger partial charge in [0.2, 0.25) is 11.8 Å². The van der Waals surface area contributed by atoms with Gasteiger partial charge in [0.05, 0.1) is 13.2 Å². The summed E-state index contributed by atoms with van der Waals surface area (Å²) < 4.78 is 11.7. The maximum absolute atomic E-state index is 13.4. The lowest BCUT2D eigenvalue weighted by Gasteiger charge is -2.45. The second kappa shape index (κ2) is 21.1. The molecule has 1 saturated heterocycles. The van der Waals surface area contributed by atoms with Crippen molar-refractivity contribution in [1.82, 2.24) is 10.6 Å². The van der Waals surface area contributed by atoms with Crippen LogP contribution in [0.2, 0.25) is 0 Å². The van der Waals surface area contributed by atoms with Crippen LogP contribution < -0.4 is 10.6 Å². The van der Waals surface area contributed by atoms with Gasteiger partial charge in [0.1, 0.15) is 6.10 Å². The molecule has 2 rings (SSSR count). The Morgan fingerprint density at radius 1 is 0.848 bits per heavy atom. The fraction of sp³-hybridized carbons (Fsp3) is 0.868. The molecule has 3 N–H and O–H groups in total. The predicted molar refractivity (Wildman–Crippen MR) is 185 cm³/mol. The number of allylic oxidation sites excluding steroid dienone is 2. The van der Waals surface area contributed by atoms with Crippen LogP contribution in [0.3, 0.4) is 0 Å². The second-order valence-electron chi connectivity index (χ2n) is 15.2. The molecule has 8 heteroatoms. The van der Waals surface area contributed by atoms with Gasteiger partial charge in [-0.25, -0.2) is 4.79 Å². The molecular formula is C38H68N2O6. The highest BCUT2D eigenvalue weighted by Gasteiger charge is 2.47. The highest BCUT2D eigenvalue weighted by Crippen LogP contribution is 2.35. The van der Waals surface area contributed by atoms with Gasteiger partial charge >= 0.3 is 5.97 Å². The molecule has 1 aliphatic carbocycles. The summed E-state index contributed by atoms with van der Waals surface area (Å²) in [5, 5.41) is 16.2. The third kappa shape index (κ3) is 15.3. The lowest BCUT2D eigenvalue weighted by Crippen LogP contribution is -2.63. The number of carbonyl (C=O) groups is 3. The maximum Gasteiger partial charge on any atom is 0.331 e. The van der Waals surface area contributed by atoms with Gasteiger partial charge in [-0.2, -0.15) is 0 Å². The molecule has 46 heavy (non-hydrogen) atoms. The highest BCUT2D eigenvalue weighted by atomic mass is 16.7. The monoisotopic (exact) mass is 649 g/mol. The van der Waals surface area contributed by atoms with Gasteiger partial charge in [-0.3, -0.25) is 9.59 Å². The number of carboxylic acid groups (broad SMARTS) is 1. The Labute approximate surface area is 280 Å². The Balaban J connectivity index is 1.83. The molecule has 2 fully saturated rings. The van der Waals surface area contributed by atoms with Gasteiger partial charge in [-0.05, 0) is 64.7 Å². The number of rotatable bonds is 23. The first-order chi connectivity index (χ1) is 21.9. The van der Waals surface area contributed by atoms with Crippen molar-refractivity contribution >= 4 is 17.8 Å². The van der Waals surface area contributed by atoms with E-state index >= 15 is 0 Å². The standard InChI is InChI=1S/C38H68N2O6/c1-6-7-8-9-10-11-12-13-14-15-16-17-18-19-23-26-32(41)40-38(35(43)44,28-27-31-24-21-20-22-25-31)29-39-34(42)33-36(2,3)30-45-37(4,5)46-33/h13-14,31,33H,6-12,15-30H2,1-5H3,(H,39,42)(H,40,41)(H,43,44). The van der Waals surface area contributed by atoms with Crippen molar-refractivity contribution < 1.29 is 29.0 Å². The van der Waals surface area contributed by atoms with Crippen LogP contribution in [0.4, 0.5) is 0 Å². The molecule has 1 saturated carbocycles. The summed E-state index contributed by atoms with van der Waals surface area (Å²) >= 11 is 0. The number of aliphatic carboxylic acids is 1. The van der Waals surface area contributed by atoms with Crippen LogP contribution in [0.5, 0.6) is 0 Å². The predicted octanol–water partition coefficient (Wildman–Crippen LogP) is 8.62. The summed E-state index contributed by atoms with van der Waals surface area (Å²) in [5.74, 6) is -2.21. The first-order valence-electron chi connectivity index (χ1n) is 18.7. The fourth-order valence-electron chi connectivity index (χ4n) is 6.70. The lowest BCUT2D eigenvalue weighted by atomic mass is 9.81. The SMILES string of the molecule is CCCCCCCCC=CCCCCCCCC(=O)NC(CCC1CCCCC1)(CNC(=O)C1OC(C)(C)OCC1(C)C)C(=O)O. The van der Waals surface area contributed by atoms with E-state index in [4.69, 9.17) is 9.47 Å². The maximum atomic E-state index is 13.4. The minimum atomic E-state index is -1.56. The van der Waals surface area contributed by atoms with Crippen LogP contribution in [-0.2, 0) is 23.9 Å². The van der Waals surface area contributed by atoms with Gasteiger partial charge in [-0.1, -0.05) is 116 Å². The van der Waals surface area contributed by atoms with Crippen molar-refractivity contribution in [2.75, 3.05) is 13.2 Å². The molecule has 1 heterocycles. The van der Waals surface area contributed by atoms with Gasteiger partial charge in [-0.15, -0.1) is 0 Å². The lowest BCUT2D eigenvalue weighted by molar-refractivity contribution is -0.304.